The van der Waals surface area contributed by atoms with Gasteiger partial charge in [-0.1, -0.05) is 12.1 Å². The maximum Gasteiger partial charge on any atom is 0.344 e. The van der Waals surface area contributed by atoms with Gasteiger partial charge in [0.1, 0.15) is 17.9 Å². The third-order valence-electron chi connectivity index (χ3n) is 3.84. The number of esters is 1. The molecule has 0 fully saturated rings. The highest BCUT2D eigenvalue weighted by Crippen LogP contribution is 2.26. The van der Waals surface area contributed by atoms with E-state index in [1.165, 1.54) is 20.3 Å². The molecule has 2 aromatic carbocycles. The molecule has 0 unspecified atom stereocenters. The second-order valence-electron chi connectivity index (χ2n) is 5.55. The summed E-state index contributed by atoms with van der Waals surface area (Å²) in [6.45, 7) is -0.365. The normalized spacial score (nSPS) is 10.4. The van der Waals surface area contributed by atoms with Gasteiger partial charge in [-0.3, -0.25) is 0 Å². The van der Waals surface area contributed by atoms with E-state index in [2.05, 4.69) is 0 Å². The van der Waals surface area contributed by atoms with Gasteiger partial charge in [-0.05, 0) is 24.3 Å². The number of carbonyl (C=O) groups is 1. The van der Waals surface area contributed by atoms with E-state index in [9.17, 15) is 9.59 Å². The number of methoxy groups -OCH3 is 2. The fourth-order valence-electron chi connectivity index (χ4n) is 2.53. The standard InChI is InChI=1S/C20H18O7/c1-23-14-7-8-15-13(9-19(21)27-18(15)10-14)11-26-20(22)12-25-17-6-4-3-5-16(17)24-2/h3-10H,11-12H2,1-2H3. The molecule has 0 radical (unpaired) electrons. The van der Waals surface area contributed by atoms with Gasteiger partial charge >= 0.3 is 11.6 Å². The van der Waals surface area contributed by atoms with Crippen LogP contribution in [0.3, 0.4) is 0 Å². The third kappa shape index (κ3) is 4.38. The van der Waals surface area contributed by atoms with Crippen LogP contribution in [0.5, 0.6) is 17.2 Å². The highest BCUT2D eigenvalue weighted by molar-refractivity contribution is 5.81. The number of rotatable bonds is 7. The highest BCUT2D eigenvalue weighted by Gasteiger charge is 2.11. The topological polar surface area (TPSA) is 84.2 Å². The van der Waals surface area contributed by atoms with Crippen LogP contribution in [0.2, 0.25) is 0 Å². The Morgan fingerprint density at radius 3 is 2.52 bits per heavy atom. The molecule has 7 nitrogen and oxygen atoms in total. The first-order chi connectivity index (χ1) is 13.1. The average Bonchev–Trinajstić information content (AvgIpc) is 2.69. The van der Waals surface area contributed by atoms with Crippen LogP contribution in [0.4, 0.5) is 0 Å². The Morgan fingerprint density at radius 1 is 1.00 bits per heavy atom. The summed E-state index contributed by atoms with van der Waals surface area (Å²) in [5.41, 5.74) is 0.361. The predicted octanol–water partition coefficient (Wildman–Crippen LogP) is 2.93. The van der Waals surface area contributed by atoms with Crippen LogP contribution in [0.25, 0.3) is 11.0 Å². The molecule has 3 rings (SSSR count). The van der Waals surface area contributed by atoms with E-state index in [-0.39, 0.29) is 13.2 Å². The van der Waals surface area contributed by atoms with E-state index in [0.29, 0.717) is 33.8 Å². The monoisotopic (exact) mass is 370 g/mol. The molecular weight excluding hydrogens is 352 g/mol. The van der Waals surface area contributed by atoms with Gasteiger partial charge in [0.05, 0.1) is 14.2 Å². The zero-order valence-electron chi connectivity index (χ0n) is 14.9. The van der Waals surface area contributed by atoms with Crippen molar-refractivity contribution in [2.75, 3.05) is 20.8 Å². The van der Waals surface area contributed by atoms with Crippen LogP contribution in [-0.2, 0) is 16.1 Å². The number of hydrogen-bond acceptors (Lipinski definition) is 7. The predicted molar refractivity (Wildman–Crippen MR) is 97.3 cm³/mol. The zero-order chi connectivity index (χ0) is 19.2. The Bertz CT molecular complexity index is 1010. The molecule has 27 heavy (non-hydrogen) atoms. The molecule has 0 N–H and O–H groups in total. The van der Waals surface area contributed by atoms with Crippen LogP contribution in [0.15, 0.2) is 57.7 Å². The van der Waals surface area contributed by atoms with Crippen molar-refractivity contribution in [2.24, 2.45) is 0 Å². The second kappa shape index (κ2) is 8.27. The van der Waals surface area contributed by atoms with Crippen molar-refractivity contribution in [3.8, 4) is 17.2 Å². The molecule has 0 aliphatic carbocycles. The Kier molecular flexibility index (Phi) is 5.61. The maximum absolute atomic E-state index is 12.0. The first-order valence-electron chi connectivity index (χ1n) is 8.13. The van der Waals surface area contributed by atoms with Crippen molar-refractivity contribution in [1.82, 2.24) is 0 Å². The second-order valence-corrected chi connectivity index (χ2v) is 5.55. The summed E-state index contributed by atoms with van der Waals surface area (Å²) in [7, 11) is 3.04. The number of benzene rings is 2. The SMILES string of the molecule is COc1ccc2c(COC(=O)COc3ccccc3OC)cc(=O)oc2c1. The molecule has 0 amide bonds. The molecule has 1 heterocycles. The van der Waals surface area contributed by atoms with Crippen molar-refractivity contribution >= 4 is 16.9 Å². The summed E-state index contributed by atoms with van der Waals surface area (Å²) in [6, 6.07) is 13.4. The molecule has 0 spiro atoms. The van der Waals surface area contributed by atoms with E-state index in [4.69, 9.17) is 23.4 Å². The van der Waals surface area contributed by atoms with E-state index in [0.717, 1.165) is 0 Å². The summed E-state index contributed by atoms with van der Waals surface area (Å²) in [5.74, 6) is 0.946. The van der Waals surface area contributed by atoms with Crippen LogP contribution in [0, 0.1) is 0 Å². The lowest BCUT2D eigenvalue weighted by molar-refractivity contribution is -0.147. The van der Waals surface area contributed by atoms with Gasteiger partial charge in [0.15, 0.2) is 18.1 Å². The van der Waals surface area contributed by atoms with E-state index < -0.39 is 11.6 Å². The molecule has 3 aromatic rings. The zero-order valence-corrected chi connectivity index (χ0v) is 14.9. The van der Waals surface area contributed by atoms with Crippen LogP contribution < -0.4 is 19.8 Å². The van der Waals surface area contributed by atoms with E-state index in [1.54, 1.807) is 42.5 Å². The summed E-state index contributed by atoms with van der Waals surface area (Å²) in [5, 5.41) is 0.661. The fourth-order valence-corrected chi connectivity index (χ4v) is 2.53. The number of fused-ring (bicyclic) bond motifs is 1. The molecular formula is C20H18O7. The maximum atomic E-state index is 12.0. The largest absolute Gasteiger partial charge is 0.497 e. The minimum absolute atomic E-state index is 0.0808. The van der Waals surface area contributed by atoms with E-state index >= 15 is 0 Å². The minimum atomic E-state index is -0.573. The minimum Gasteiger partial charge on any atom is -0.497 e. The van der Waals surface area contributed by atoms with Gasteiger partial charge in [0, 0.05) is 23.1 Å². The molecule has 0 atom stereocenters. The number of carbonyl (C=O) groups excluding carboxylic acids is 1. The lowest BCUT2D eigenvalue weighted by Gasteiger charge is -2.11. The Balaban J connectivity index is 1.67. The Hall–Kier alpha value is -3.48. The van der Waals surface area contributed by atoms with Gasteiger partial charge in [0.25, 0.3) is 0 Å². The molecule has 0 bridgehead atoms. The van der Waals surface area contributed by atoms with Crippen LogP contribution in [-0.4, -0.2) is 26.8 Å². The van der Waals surface area contributed by atoms with Gasteiger partial charge in [0.2, 0.25) is 0 Å². The number of para-hydroxylation sites is 2. The first kappa shape index (κ1) is 18.3. The molecule has 0 saturated carbocycles. The summed E-state index contributed by atoms with van der Waals surface area (Å²) in [4.78, 5) is 23.7. The van der Waals surface area contributed by atoms with Crippen molar-refractivity contribution in [2.45, 2.75) is 6.61 Å². The first-order valence-corrected chi connectivity index (χ1v) is 8.13. The summed E-state index contributed by atoms with van der Waals surface area (Å²) in [6.07, 6.45) is 0. The average molecular weight is 370 g/mol. The third-order valence-corrected chi connectivity index (χ3v) is 3.84. The van der Waals surface area contributed by atoms with Gasteiger partial charge in [-0.2, -0.15) is 0 Å². The van der Waals surface area contributed by atoms with Gasteiger partial charge < -0.3 is 23.4 Å². The molecule has 0 saturated heterocycles. The van der Waals surface area contributed by atoms with E-state index in [1.807, 2.05) is 0 Å². The van der Waals surface area contributed by atoms with Crippen molar-refractivity contribution in [3.05, 3.63) is 64.5 Å². The Morgan fingerprint density at radius 2 is 1.78 bits per heavy atom. The lowest BCUT2D eigenvalue weighted by atomic mass is 10.1. The molecule has 0 aliphatic rings. The summed E-state index contributed by atoms with van der Waals surface area (Å²) < 4.78 is 26.1. The van der Waals surface area contributed by atoms with Crippen molar-refractivity contribution in [1.29, 1.82) is 0 Å². The fraction of sp³-hybridized carbons (Fsp3) is 0.200. The molecule has 140 valence electrons. The number of hydrogen-bond donors (Lipinski definition) is 0. The van der Waals surface area contributed by atoms with Crippen LogP contribution >= 0.6 is 0 Å². The molecule has 7 heteroatoms. The van der Waals surface area contributed by atoms with Gasteiger partial charge in [-0.25, -0.2) is 9.59 Å². The number of ether oxygens (including phenoxy) is 4. The molecule has 0 aliphatic heterocycles. The van der Waals surface area contributed by atoms with Gasteiger partial charge in [-0.15, -0.1) is 0 Å². The molecule has 1 aromatic heterocycles. The quantitative estimate of drug-likeness (QED) is 0.467. The van der Waals surface area contributed by atoms with Crippen molar-refractivity contribution in [3.63, 3.8) is 0 Å². The lowest BCUT2D eigenvalue weighted by Crippen LogP contribution is -2.15. The van der Waals surface area contributed by atoms with Crippen LogP contribution in [0.1, 0.15) is 5.56 Å². The smallest absolute Gasteiger partial charge is 0.344 e. The summed E-state index contributed by atoms with van der Waals surface area (Å²) >= 11 is 0. The Labute approximate surface area is 155 Å². The highest BCUT2D eigenvalue weighted by atomic mass is 16.6. The van der Waals surface area contributed by atoms with Crippen molar-refractivity contribution < 1.29 is 28.2 Å².